The van der Waals surface area contributed by atoms with Crippen molar-refractivity contribution in [3.05, 3.63) is 23.3 Å². The molecule has 0 N–H and O–H groups in total. The molecule has 0 amide bonds. The van der Waals surface area contributed by atoms with Crippen LogP contribution in [0, 0.1) is 0 Å². The molecular weight excluding hydrogens is 210 g/mol. The Kier molecular flexibility index (Phi) is 2.73. The number of fused-ring (bicyclic) bond motifs is 3. The highest BCUT2D eigenvalue weighted by atomic mass is 16.5. The molecule has 1 aromatic rings. The van der Waals surface area contributed by atoms with Crippen LogP contribution in [0.3, 0.4) is 0 Å². The largest absolute Gasteiger partial charge is 0.493 e. The SMILES string of the molecule is CCCN1C[C@@H](CC)c2ccc3c(c21)CCO3. The van der Waals surface area contributed by atoms with E-state index in [2.05, 4.69) is 30.9 Å². The number of rotatable bonds is 3. The minimum absolute atomic E-state index is 0.724. The van der Waals surface area contributed by atoms with Crippen LogP contribution in [0.2, 0.25) is 0 Å². The lowest BCUT2D eigenvalue weighted by Crippen LogP contribution is -2.23. The van der Waals surface area contributed by atoms with Crippen molar-refractivity contribution in [1.82, 2.24) is 0 Å². The van der Waals surface area contributed by atoms with Gasteiger partial charge < -0.3 is 9.64 Å². The third-order valence-corrected chi connectivity index (χ3v) is 4.06. The van der Waals surface area contributed by atoms with E-state index in [1.54, 1.807) is 5.56 Å². The maximum atomic E-state index is 5.69. The maximum Gasteiger partial charge on any atom is 0.124 e. The summed E-state index contributed by atoms with van der Waals surface area (Å²) in [6.45, 7) is 7.81. The molecule has 0 radical (unpaired) electrons. The minimum atomic E-state index is 0.724. The quantitative estimate of drug-likeness (QED) is 0.791. The van der Waals surface area contributed by atoms with E-state index in [0.29, 0.717) is 0 Å². The van der Waals surface area contributed by atoms with E-state index in [1.165, 1.54) is 37.2 Å². The van der Waals surface area contributed by atoms with Crippen molar-refractivity contribution in [1.29, 1.82) is 0 Å². The van der Waals surface area contributed by atoms with Gasteiger partial charge in [0.25, 0.3) is 0 Å². The van der Waals surface area contributed by atoms with Crippen molar-refractivity contribution in [2.75, 3.05) is 24.6 Å². The molecule has 2 heterocycles. The van der Waals surface area contributed by atoms with Crippen LogP contribution in [-0.2, 0) is 6.42 Å². The van der Waals surface area contributed by atoms with Crippen LogP contribution in [0.1, 0.15) is 43.7 Å². The van der Waals surface area contributed by atoms with Crippen molar-refractivity contribution >= 4 is 5.69 Å². The first-order valence-electron chi connectivity index (χ1n) is 6.88. The van der Waals surface area contributed by atoms with Gasteiger partial charge in [0.15, 0.2) is 0 Å². The standard InChI is InChI=1S/C15H21NO/c1-3-8-16-10-11(4-2)12-5-6-14-13(15(12)16)7-9-17-14/h5-6,11H,3-4,7-10H2,1-2H3/t11-/m1/s1. The Morgan fingerprint density at radius 2 is 2.24 bits per heavy atom. The molecule has 0 saturated heterocycles. The summed E-state index contributed by atoms with van der Waals surface area (Å²) < 4.78 is 5.69. The van der Waals surface area contributed by atoms with Gasteiger partial charge in [-0.25, -0.2) is 0 Å². The number of hydrogen-bond acceptors (Lipinski definition) is 2. The van der Waals surface area contributed by atoms with Crippen LogP contribution in [-0.4, -0.2) is 19.7 Å². The Hall–Kier alpha value is -1.18. The molecule has 2 nitrogen and oxygen atoms in total. The lowest BCUT2D eigenvalue weighted by Gasteiger charge is -2.20. The average Bonchev–Trinajstić information content (AvgIpc) is 2.92. The fraction of sp³-hybridized carbons (Fsp3) is 0.600. The predicted molar refractivity (Wildman–Crippen MR) is 71.2 cm³/mol. The van der Waals surface area contributed by atoms with Crippen LogP contribution >= 0.6 is 0 Å². The second-order valence-electron chi connectivity index (χ2n) is 5.13. The molecule has 0 bridgehead atoms. The van der Waals surface area contributed by atoms with Gasteiger partial charge in [-0.2, -0.15) is 0 Å². The van der Waals surface area contributed by atoms with Crippen LogP contribution < -0.4 is 9.64 Å². The highest BCUT2D eigenvalue weighted by molar-refractivity contribution is 5.69. The Labute approximate surface area is 104 Å². The third-order valence-electron chi connectivity index (χ3n) is 4.06. The molecule has 2 aliphatic heterocycles. The molecule has 0 unspecified atom stereocenters. The molecule has 17 heavy (non-hydrogen) atoms. The average molecular weight is 231 g/mol. The summed E-state index contributed by atoms with van der Waals surface area (Å²) in [6, 6.07) is 4.47. The number of nitrogens with zero attached hydrogens (tertiary/aromatic N) is 1. The van der Waals surface area contributed by atoms with Crippen LogP contribution in [0.15, 0.2) is 12.1 Å². The van der Waals surface area contributed by atoms with Gasteiger partial charge in [0.1, 0.15) is 5.75 Å². The highest BCUT2D eigenvalue weighted by Crippen LogP contribution is 2.45. The maximum absolute atomic E-state index is 5.69. The predicted octanol–water partition coefficient (Wildman–Crippen LogP) is 3.35. The van der Waals surface area contributed by atoms with Crippen LogP contribution in [0.4, 0.5) is 5.69 Å². The van der Waals surface area contributed by atoms with Crippen molar-refractivity contribution in [3.8, 4) is 5.75 Å². The Morgan fingerprint density at radius 1 is 1.35 bits per heavy atom. The third kappa shape index (κ3) is 1.62. The first-order chi connectivity index (χ1) is 8.35. The second kappa shape index (κ2) is 4.25. The molecular formula is C15H21NO. The fourth-order valence-electron chi connectivity index (χ4n) is 3.26. The molecule has 1 atom stereocenters. The highest BCUT2D eigenvalue weighted by Gasteiger charge is 2.32. The number of hydrogen-bond donors (Lipinski definition) is 0. The molecule has 0 aliphatic carbocycles. The van der Waals surface area contributed by atoms with E-state index >= 15 is 0 Å². The zero-order chi connectivity index (χ0) is 11.8. The summed E-state index contributed by atoms with van der Waals surface area (Å²) in [5.74, 6) is 1.85. The molecule has 0 aromatic heterocycles. The smallest absolute Gasteiger partial charge is 0.124 e. The summed E-state index contributed by atoms with van der Waals surface area (Å²) >= 11 is 0. The summed E-state index contributed by atoms with van der Waals surface area (Å²) in [4.78, 5) is 2.58. The van der Waals surface area contributed by atoms with Crippen molar-refractivity contribution in [2.24, 2.45) is 0 Å². The van der Waals surface area contributed by atoms with E-state index in [1.807, 2.05) is 0 Å². The molecule has 0 spiro atoms. The van der Waals surface area contributed by atoms with Gasteiger partial charge in [-0.05, 0) is 24.5 Å². The van der Waals surface area contributed by atoms with Crippen molar-refractivity contribution in [3.63, 3.8) is 0 Å². The zero-order valence-corrected chi connectivity index (χ0v) is 10.8. The monoisotopic (exact) mass is 231 g/mol. The first kappa shape index (κ1) is 10.9. The summed E-state index contributed by atoms with van der Waals surface area (Å²) in [5.41, 5.74) is 4.53. The van der Waals surface area contributed by atoms with E-state index in [9.17, 15) is 0 Å². The second-order valence-corrected chi connectivity index (χ2v) is 5.13. The van der Waals surface area contributed by atoms with E-state index in [4.69, 9.17) is 4.74 Å². The summed E-state index contributed by atoms with van der Waals surface area (Å²) in [5, 5.41) is 0. The first-order valence-corrected chi connectivity index (χ1v) is 6.88. The Bertz CT molecular complexity index is 427. The zero-order valence-electron chi connectivity index (χ0n) is 10.8. The molecule has 1 aromatic carbocycles. The fourth-order valence-corrected chi connectivity index (χ4v) is 3.26. The number of ether oxygens (including phenoxy) is 1. The number of benzene rings is 1. The van der Waals surface area contributed by atoms with Gasteiger partial charge in [0.2, 0.25) is 0 Å². The number of anilines is 1. The van der Waals surface area contributed by atoms with Crippen molar-refractivity contribution < 1.29 is 4.74 Å². The van der Waals surface area contributed by atoms with E-state index < -0.39 is 0 Å². The lowest BCUT2D eigenvalue weighted by atomic mass is 9.96. The summed E-state index contributed by atoms with van der Waals surface area (Å²) in [6.07, 6.45) is 3.56. The normalized spacial score (nSPS) is 21.3. The van der Waals surface area contributed by atoms with Gasteiger partial charge in [-0.15, -0.1) is 0 Å². The van der Waals surface area contributed by atoms with Gasteiger partial charge in [0, 0.05) is 36.7 Å². The topological polar surface area (TPSA) is 12.5 Å². The molecule has 0 fully saturated rings. The molecule has 3 rings (SSSR count). The Balaban J connectivity index is 2.07. The van der Waals surface area contributed by atoms with Crippen molar-refractivity contribution in [2.45, 2.75) is 39.0 Å². The summed E-state index contributed by atoms with van der Waals surface area (Å²) in [7, 11) is 0. The lowest BCUT2D eigenvalue weighted by molar-refractivity contribution is 0.357. The molecule has 92 valence electrons. The molecule has 2 heteroatoms. The van der Waals surface area contributed by atoms with Crippen LogP contribution in [0.5, 0.6) is 5.75 Å². The van der Waals surface area contributed by atoms with Gasteiger partial charge in [0.05, 0.1) is 6.61 Å². The van der Waals surface area contributed by atoms with E-state index in [-0.39, 0.29) is 0 Å². The molecule has 0 saturated carbocycles. The Morgan fingerprint density at radius 3 is 3.00 bits per heavy atom. The minimum Gasteiger partial charge on any atom is -0.493 e. The van der Waals surface area contributed by atoms with E-state index in [0.717, 1.165) is 24.7 Å². The van der Waals surface area contributed by atoms with Gasteiger partial charge >= 0.3 is 0 Å². The van der Waals surface area contributed by atoms with Gasteiger partial charge in [-0.1, -0.05) is 19.9 Å². The van der Waals surface area contributed by atoms with Crippen LogP contribution in [0.25, 0.3) is 0 Å². The van der Waals surface area contributed by atoms with Gasteiger partial charge in [-0.3, -0.25) is 0 Å². The molecule has 2 aliphatic rings.